The van der Waals surface area contributed by atoms with E-state index in [1.54, 1.807) is 14.2 Å². The monoisotopic (exact) mass is 369 g/mol. The largest absolute Gasteiger partial charge is 0.493 e. The predicted octanol–water partition coefficient (Wildman–Crippen LogP) is 4.08. The minimum Gasteiger partial charge on any atom is -0.493 e. The molecule has 4 rings (SSSR count). The summed E-state index contributed by atoms with van der Waals surface area (Å²) in [5.74, 6) is 2.61. The molecule has 0 unspecified atom stereocenters. The number of aromatic nitrogens is 1. The summed E-state index contributed by atoms with van der Waals surface area (Å²) in [6.45, 7) is 2.24. The minimum absolute atomic E-state index is 0.0472. The van der Waals surface area contributed by atoms with Gasteiger partial charge in [-0.2, -0.15) is 0 Å². The Morgan fingerprint density at radius 3 is 2.73 bits per heavy atom. The molecule has 0 radical (unpaired) electrons. The summed E-state index contributed by atoms with van der Waals surface area (Å²) in [6.07, 6.45) is 2.92. The second-order valence-corrected chi connectivity index (χ2v) is 7.41. The van der Waals surface area contributed by atoms with Gasteiger partial charge in [0, 0.05) is 23.6 Å². The van der Waals surface area contributed by atoms with Gasteiger partial charge in [0.2, 0.25) is 0 Å². The van der Waals surface area contributed by atoms with Gasteiger partial charge >= 0.3 is 0 Å². The molecule has 6 heteroatoms. The van der Waals surface area contributed by atoms with Gasteiger partial charge in [-0.1, -0.05) is 36.9 Å². The summed E-state index contributed by atoms with van der Waals surface area (Å²) in [4.78, 5) is 12.1. The number of fused-ring (bicyclic) bond motifs is 1. The van der Waals surface area contributed by atoms with Crippen LogP contribution < -0.4 is 9.47 Å². The highest BCUT2D eigenvalue weighted by Gasteiger charge is 2.46. The molecule has 2 aliphatic rings. The van der Waals surface area contributed by atoms with Gasteiger partial charge < -0.3 is 14.4 Å². The van der Waals surface area contributed by atoms with Crippen molar-refractivity contribution in [2.45, 2.75) is 31.5 Å². The second-order valence-electron chi connectivity index (χ2n) is 6.42. The lowest BCUT2D eigenvalue weighted by Gasteiger charge is -2.32. The predicted molar refractivity (Wildman–Crippen MR) is 105 cm³/mol. The van der Waals surface area contributed by atoms with Crippen LogP contribution in [0, 0.1) is 0 Å². The Balaban J connectivity index is 1.85. The summed E-state index contributed by atoms with van der Waals surface area (Å²) >= 11 is 1.84. The van der Waals surface area contributed by atoms with Gasteiger partial charge in [0.1, 0.15) is 6.04 Å². The van der Waals surface area contributed by atoms with Crippen LogP contribution in [0.2, 0.25) is 0 Å². The molecule has 3 heterocycles. The first-order chi connectivity index (χ1) is 12.8. The molecule has 0 amide bonds. The third kappa shape index (κ3) is 2.72. The van der Waals surface area contributed by atoms with Gasteiger partial charge in [0.25, 0.3) is 0 Å². The van der Waals surface area contributed by atoms with Crippen LogP contribution in [0.3, 0.4) is 0 Å². The molecule has 0 N–H and O–H groups in total. The summed E-state index contributed by atoms with van der Waals surface area (Å²) < 4.78 is 11.3. The van der Waals surface area contributed by atoms with Crippen molar-refractivity contribution in [2.75, 3.05) is 20.0 Å². The fourth-order valence-corrected chi connectivity index (χ4v) is 5.17. The number of thioether (sulfide) groups is 1. The van der Waals surface area contributed by atoms with E-state index < -0.39 is 0 Å². The van der Waals surface area contributed by atoms with Gasteiger partial charge in [0.15, 0.2) is 16.7 Å². The normalized spacial score (nSPS) is 24.3. The molecular weight excluding hydrogens is 346 g/mol. The Labute approximate surface area is 158 Å². The number of para-hydroxylation sites is 1. The lowest BCUT2D eigenvalue weighted by Crippen LogP contribution is -2.35. The zero-order valence-electron chi connectivity index (χ0n) is 15.3. The van der Waals surface area contributed by atoms with E-state index in [1.807, 2.05) is 42.2 Å². The smallest absolute Gasteiger partial charge is 0.166 e. The fraction of sp³-hybridized carbons (Fsp3) is 0.400. The van der Waals surface area contributed by atoms with Gasteiger partial charge in [-0.3, -0.25) is 9.98 Å². The highest BCUT2D eigenvalue weighted by molar-refractivity contribution is 8.14. The Bertz CT molecular complexity index is 812. The van der Waals surface area contributed by atoms with Crippen LogP contribution in [0.25, 0.3) is 0 Å². The zero-order chi connectivity index (χ0) is 18.1. The number of hydrogen-bond donors (Lipinski definition) is 0. The molecule has 2 aromatic rings. The number of pyridine rings is 1. The van der Waals surface area contributed by atoms with Crippen LogP contribution in [0.15, 0.2) is 47.6 Å². The molecule has 3 atom stereocenters. The SMILES string of the molecule is CC[C@@H]1CSC2=N[C@@H](c3ccccn3)[C@H](c3cccc(OC)c3OC)N21. The molecule has 0 saturated carbocycles. The third-order valence-electron chi connectivity index (χ3n) is 5.08. The highest BCUT2D eigenvalue weighted by Crippen LogP contribution is 2.51. The Hall–Kier alpha value is -2.21. The average molecular weight is 369 g/mol. The van der Waals surface area contributed by atoms with E-state index in [1.165, 1.54) is 0 Å². The van der Waals surface area contributed by atoms with Gasteiger partial charge in [-0.05, 0) is 24.6 Å². The molecule has 2 aliphatic heterocycles. The topological polar surface area (TPSA) is 47.0 Å². The van der Waals surface area contributed by atoms with E-state index in [0.717, 1.165) is 40.1 Å². The van der Waals surface area contributed by atoms with Crippen LogP contribution in [-0.2, 0) is 0 Å². The molecule has 0 spiro atoms. The first-order valence-electron chi connectivity index (χ1n) is 8.89. The van der Waals surface area contributed by atoms with Gasteiger partial charge in [-0.25, -0.2) is 0 Å². The molecular formula is C20H23N3O2S. The summed E-state index contributed by atoms with van der Waals surface area (Å²) in [5, 5.41) is 1.11. The molecule has 136 valence electrons. The summed E-state index contributed by atoms with van der Waals surface area (Å²) in [6, 6.07) is 12.6. The fourth-order valence-electron chi connectivity index (χ4n) is 3.83. The Morgan fingerprint density at radius 2 is 2.04 bits per heavy atom. The number of nitrogens with zero attached hydrogens (tertiary/aromatic N) is 3. The van der Waals surface area contributed by atoms with E-state index in [0.29, 0.717) is 6.04 Å². The van der Waals surface area contributed by atoms with E-state index in [-0.39, 0.29) is 12.1 Å². The van der Waals surface area contributed by atoms with Crippen LogP contribution >= 0.6 is 11.8 Å². The maximum atomic E-state index is 5.75. The number of ether oxygens (including phenoxy) is 2. The number of hydrogen-bond acceptors (Lipinski definition) is 6. The molecule has 0 aliphatic carbocycles. The summed E-state index contributed by atoms with van der Waals surface area (Å²) in [7, 11) is 3.37. The minimum atomic E-state index is -0.0472. The summed E-state index contributed by atoms with van der Waals surface area (Å²) in [5.41, 5.74) is 2.09. The Kier molecular flexibility index (Phi) is 4.76. The first-order valence-corrected chi connectivity index (χ1v) is 9.87. The lowest BCUT2D eigenvalue weighted by molar-refractivity contribution is 0.246. The molecule has 1 aromatic heterocycles. The van der Waals surface area contributed by atoms with E-state index in [2.05, 4.69) is 28.9 Å². The van der Waals surface area contributed by atoms with Crippen molar-refractivity contribution >= 4 is 16.9 Å². The molecule has 1 fully saturated rings. The van der Waals surface area contributed by atoms with E-state index >= 15 is 0 Å². The lowest BCUT2D eigenvalue weighted by atomic mass is 9.94. The molecule has 1 saturated heterocycles. The van der Waals surface area contributed by atoms with Crippen molar-refractivity contribution in [1.82, 2.24) is 9.88 Å². The van der Waals surface area contributed by atoms with Gasteiger partial charge in [-0.15, -0.1) is 0 Å². The number of benzene rings is 1. The molecule has 26 heavy (non-hydrogen) atoms. The number of methoxy groups -OCH3 is 2. The molecule has 1 aromatic carbocycles. The van der Waals surface area contributed by atoms with Crippen LogP contribution in [0.4, 0.5) is 0 Å². The van der Waals surface area contributed by atoms with Crippen molar-refractivity contribution in [1.29, 1.82) is 0 Å². The zero-order valence-corrected chi connectivity index (χ0v) is 16.1. The average Bonchev–Trinajstić information content (AvgIpc) is 3.26. The van der Waals surface area contributed by atoms with E-state index in [9.17, 15) is 0 Å². The van der Waals surface area contributed by atoms with Crippen molar-refractivity contribution in [2.24, 2.45) is 4.99 Å². The van der Waals surface area contributed by atoms with Crippen molar-refractivity contribution in [3.05, 3.63) is 53.9 Å². The maximum Gasteiger partial charge on any atom is 0.166 e. The van der Waals surface area contributed by atoms with Crippen molar-refractivity contribution in [3.63, 3.8) is 0 Å². The van der Waals surface area contributed by atoms with Gasteiger partial charge in [0.05, 0.1) is 26.0 Å². The van der Waals surface area contributed by atoms with Crippen LogP contribution in [-0.4, -0.2) is 41.1 Å². The van der Waals surface area contributed by atoms with Crippen LogP contribution in [0.1, 0.15) is 36.7 Å². The Morgan fingerprint density at radius 1 is 1.15 bits per heavy atom. The van der Waals surface area contributed by atoms with Crippen molar-refractivity contribution in [3.8, 4) is 11.5 Å². The standard InChI is InChI=1S/C20H23N3O2S/c1-4-13-12-26-20-22-17(15-9-5-6-11-21-15)18(23(13)20)14-8-7-10-16(24-2)19(14)25-3/h5-11,13,17-18H,4,12H2,1-3H3/t13-,17+,18+/m1/s1. The molecule has 0 bridgehead atoms. The van der Waals surface area contributed by atoms with E-state index in [4.69, 9.17) is 14.5 Å². The number of aliphatic imine (C=N–C) groups is 1. The highest BCUT2D eigenvalue weighted by atomic mass is 32.2. The number of amidine groups is 1. The maximum absolute atomic E-state index is 5.75. The molecule has 5 nitrogen and oxygen atoms in total. The third-order valence-corrected chi connectivity index (χ3v) is 6.21. The van der Waals surface area contributed by atoms with Crippen LogP contribution in [0.5, 0.6) is 11.5 Å². The quantitative estimate of drug-likeness (QED) is 0.795. The number of rotatable bonds is 5. The second kappa shape index (κ2) is 7.19. The van der Waals surface area contributed by atoms with Crippen molar-refractivity contribution < 1.29 is 9.47 Å². The first kappa shape index (κ1) is 17.2.